The minimum atomic E-state index is -3.49. The number of sulfone groups is 1. The summed E-state index contributed by atoms with van der Waals surface area (Å²) in [6, 6.07) is 1.63. The van der Waals surface area contributed by atoms with Crippen LogP contribution in [0.2, 0.25) is 5.02 Å². The lowest BCUT2D eigenvalue weighted by Crippen LogP contribution is -2.12. The molecule has 8 nitrogen and oxygen atoms in total. The summed E-state index contributed by atoms with van der Waals surface area (Å²) >= 11 is 7.00. The molecule has 0 spiro atoms. The van der Waals surface area contributed by atoms with E-state index >= 15 is 0 Å². The monoisotopic (exact) mass is 414 g/mol. The van der Waals surface area contributed by atoms with Gasteiger partial charge in [0.05, 0.1) is 22.2 Å². The van der Waals surface area contributed by atoms with Gasteiger partial charge in [0.25, 0.3) is 5.91 Å². The molecule has 0 radical (unpaired) electrons. The van der Waals surface area contributed by atoms with Crippen molar-refractivity contribution in [2.24, 2.45) is 0 Å². The third kappa shape index (κ3) is 3.67. The van der Waals surface area contributed by atoms with Gasteiger partial charge in [-0.3, -0.25) is 9.48 Å². The molecule has 1 N–H and O–H groups in total. The molecular weight excluding hydrogens is 400 g/mol. The highest BCUT2D eigenvalue weighted by Crippen LogP contribution is 2.31. The van der Waals surface area contributed by atoms with Crippen LogP contribution in [0.3, 0.4) is 0 Å². The Kier molecular flexibility index (Phi) is 4.91. The fourth-order valence-electron chi connectivity index (χ4n) is 2.31. The summed E-state index contributed by atoms with van der Waals surface area (Å²) in [4.78, 5) is 12.4. The van der Waals surface area contributed by atoms with E-state index in [1.54, 1.807) is 16.9 Å². The van der Waals surface area contributed by atoms with Crippen molar-refractivity contribution in [3.8, 4) is 0 Å². The van der Waals surface area contributed by atoms with E-state index in [2.05, 4.69) is 15.6 Å². The second-order valence-corrected chi connectivity index (χ2v) is 8.91. The van der Waals surface area contributed by atoms with Crippen LogP contribution >= 0.6 is 22.9 Å². The number of carbonyl (C=O) groups excluding carboxylic acids is 1. The minimum Gasteiger partial charge on any atom is -0.361 e. The van der Waals surface area contributed by atoms with Crippen LogP contribution in [-0.2, 0) is 16.4 Å². The number of hydrogen-bond acceptors (Lipinski definition) is 7. The Morgan fingerprint density at radius 1 is 1.42 bits per heavy atom. The second-order valence-electron chi connectivity index (χ2n) is 5.67. The quantitative estimate of drug-likeness (QED) is 0.687. The molecule has 0 aliphatic carbocycles. The molecule has 0 saturated carbocycles. The summed E-state index contributed by atoms with van der Waals surface area (Å²) in [6.45, 7) is 4.12. The third-order valence-electron chi connectivity index (χ3n) is 3.69. The van der Waals surface area contributed by atoms with Gasteiger partial charge in [0, 0.05) is 29.5 Å². The first-order valence-corrected chi connectivity index (χ1v) is 10.6. The van der Waals surface area contributed by atoms with Crippen molar-refractivity contribution in [2.75, 3.05) is 11.6 Å². The van der Waals surface area contributed by atoms with Crippen LogP contribution in [0.25, 0.3) is 0 Å². The summed E-state index contributed by atoms with van der Waals surface area (Å²) in [5.74, 6) is 0.520. The number of aromatic nitrogens is 3. The Morgan fingerprint density at radius 2 is 2.15 bits per heavy atom. The highest BCUT2D eigenvalue weighted by atomic mass is 35.5. The van der Waals surface area contributed by atoms with E-state index in [0.717, 1.165) is 28.8 Å². The lowest BCUT2D eigenvalue weighted by molar-refractivity contribution is 0.103. The molecule has 3 rings (SSSR count). The maximum Gasteiger partial charge on any atom is 0.268 e. The first-order valence-electron chi connectivity index (χ1n) is 7.40. The van der Waals surface area contributed by atoms with E-state index in [0.29, 0.717) is 18.1 Å². The van der Waals surface area contributed by atoms with Crippen molar-refractivity contribution in [1.82, 2.24) is 14.9 Å². The maximum atomic E-state index is 12.4. The summed E-state index contributed by atoms with van der Waals surface area (Å²) in [7, 11) is -3.49. The fourth-order valence-corrected chi connectivity index (χ4v) is 5.12. The first kappa shape index (κ1) is 18.6. The van der Waals surface area contributed by atoms with Crippen molar-refractivity contribution < 1.29 is 17.7 Å². The highest BCUT2D eigenvalue weighted by Gasteiger charge is 2.22. The number of carbonyl (C=O) groups is 1. The first-order chi connectivity index (χ1) is 12.2. The summed E-state index contributed by atoms with van der Waals surface area (Å²) in [6.07, 6.45) is 2.75. The Balaban J connectivity index is 1.75. The molecule has 138 valence electrons. The highest BCUT2D eigenvalue weighted by molar-refractivity contribution is 7.91. The van der Waals surface area contributed by atoms with Gasteiger partial charge in [0.15, 0.2) is 15.7 Å². The Hall–Kier alpha value is -2.17. The normalized spacial score (nSPS) is 11.7. The standard InChI is InChI=1S/C15H15ClN4O4S2/c1-8-10(9(2)24-19-8)6-20-5-4-12(18-20)17-15(21)14-13(16)11(7-25-14)26(3,22)23/h4-5,7H,6H2,1-3H3,(H,17,18,21). The van der Waals surface area contributed by atoms with Crippen LogP contribution in [0.15, 0.2) is 27.1 Å². The van der Waals surface area contributed by atoms with E-state index in [-0.39, 0.29) is 14.8 Å². The van der Waals surface area contributed by atoms with Gasteiger partial charge >= 0.3 is 0 Å². The molecule has 11 heteroatoms. The number of aryl methyl sites for hydroxylation is 2. The number of nitrogens with one attached hydrogen (secondary N) is 1. The van der Waals surface area contributed by atoms with E-state index < -0.39 is 15.7 Å². The van der Waals surface area contributed by atoms with Crippen LogP contribution < -0.4 is 5.32 Å². The summed E-state index contributed by atoms with van der Waals surface area (Å²) in [5, 5.41) is 12.1. The zero-order valence-corrected chi connectivity index (χ0v) is 16.5. The van der Waals surface area contributed by atoms with Crippen molar-refractivity contribution in [3.63, 3.8) is 0 Å². The number of nitrogens with zero attached hydrogens (tertiary/aromatic N) is 3. The van der Waals surface area contributed by atoms with E-state index in [1.807, 2.05) is 13.8 Å². The van der Waals surface area contributed by atoms with Crippen LogP contribution in [0.4, 0.5) is 5.82 Å². The number of rotatable bonds is 5. The summed E-state index contributed by atoms with van der Waals surface area (Å²) in [5.41, 5.74) is 1.70. The number of anilines is 1. The molecule has 0 aliphatic heterocycles. The van der Waals surface area contributed by atoms with Gasteiger partial charge in [0.1, 0.15) is 10.6 Å². The van der Waals surface area contributed by atoms with E-state index in [9.17, 15) is 13.2 Å². The molecule has 3 aromatic heterocycles. The number of hydrogen-bond donors (Lipinski definition) is 1. The van der Waals surface area contributed by atoms with Gasteiger partial charge in [-0.1, -0.05) is 16.8 Å². The van der Waals surface area contributed by atoms with Crippen LogP contribution in [0.1, 0.15) is 26.7 Å². The smallest absolute Gasteiger partial charge is 0.268 e. The molecule has 0 unspecified atom stereocenters. The third-order valence-corrected chi connectivity index (χ3v) is 6.55. The average molecular weight is 415 g/mol. The molecule has 0 saturated heterocycles. The molecule has 0 fully saturated rings. The van der Waals surface area contributed by atoms with Crippen molar-refractivity contribution >= 4 is 44.5 Å². The molecule has 0 atom stereocenters. The fraction of sp³-hybridized carbons (Fsp3) is 0.267. The number of thiophene rings is 1. The molecular formula is C15H15ClN4O4S2. The molecule has 0 aliphatic rings. The van der Waals surface area contributed by atoms with Gasteiger partial charge in [0.2, 0.25) is 0 Å². The lowest BCUT2D eigenvalue weighted by atomic mass is 10.2. The van der Waals surface area contributed by atoms with Crippen molar-refractivity contribution in [1.29, 1.82) is 0 Å². The molecule has 26 heavy (non-hydrogen) atoms. The SMILES string of the molecule is Cc1noc(C)c1Cn1ccc(NC(=O)c2scc(S(C)(=O)=O)c2Cl)n1. The largest absolute Gasteiger partial charge is 0.361 e. The maximum absolute atomic E-state index is 12.4. The predicted molar refractivity (Wildman–Crippen MR) is 97.7 cm³/mol. The number of amides is 1. The van der Waals surface area contributed by atoms with E-state index in [4.69, 9.17) is 16.1 Å². The van der Waals surface area contributed by atoms with Crippen molar-refractivity contribution in [3.05, 3.63) is 44.6 Å². The predicted octanol–water partition coefficient (Wildman–Crippen LogP) is 2.91. The lowest BCUT2D eigenvalue weighted by Gasteiger charge is -2.02. The Bertz CT molecular complexity index is 1060. The summed E-state index contributed by atoms with van der Waals surface area (Å²) < 4.78 is 30.0. The topological polar surface area (TPSA) is 107 Å². The zero-order valence-electron chi connectivity index (χ0n) is 14.1. The molecule has 3 heterocycles. The molecule has 1 amide bonds. The zero-order chi connectivity index (χ0) is 19.1. The molecule has 0 aromatic carbocycles. The van der Waals surface area contributed by atoms with Gasteiger partial charge < -0.3 is 9.84 Å². The van der Waals surface area contributed by atoms with Crippen LogP contribution in [-0.4, -0.2) is 35.5 Å². The number of halogens is 1. The van der Waals surface area contributed by atoms with E-state index in [1.165, 1.54) is 5.38 Å². The van der Waals surface area contributed by atoms with Crippen LogP contribution in [0, 0.1) is 13.8 Å². The average Bonchev–Trinajstić information content (AvgIpc) is 3.22. The van der Waals surface area contributed by atoms with Crippen molar-refractivity contribution in [2.45, 2.75) is 25.3 Å². The van der Waals surface area contributed by atoms with Gasteiger partial charge in [-0.15, -0.1) is 11.3 Å². The molecule has 3 aromatic rings. The minimum absolute atomic E-state index is 0.0572. The Labute approximate surface area is 158 Å². The molecule has 0 bridgehead atoms. The van der Waals surface area contributed by atoms with Gasteiger partial charge in [-0.2, -0.15) is 5.10 Å². The van der Waals surface area contributed by atoms with Gasteiger partial charge in [-0.05, 0) is 13.8 Å². The van der Waals surface area contributed by atoms with Gasteiger partial charge in [-0.25, -0.2) is 8.42 Å². The second kappa shape index (κ2) is 6.86. The van der Waals surface area contributed by atoms with Crippen LogP contribution in [0.5, 0.6) is 0 Å². The Morgan fingerprint density at radius 3 is 2.73 bits per heavy atom.